The summed E-state index contributed by atoms with van der Waals surface area (Å²) < 4.78 is 6.37. The highest BCUT2D eigenvalue weighted by molar-refractivity contribution is 5.76. The fourth-order valence-corrected chi connectivity index (χ4v) is 5.39. The molecule has 1 saturated heterocycles. The van der Waals surface area contributed by atoms with Crippen molar-refractivity contribution in [2.24, 2.45) is 17.8 Å². The predicted molar refractivity (Wildman–Crippen MR) is 117 cm³/mol. The number of hydrogen-bond donors (Lipinski definition) is 0. The van der Waals surface area contributed by atoms with Gasteiger partial charge in [-0.3, -0.25) is 4.79 Å². The van der Waals surface area contributed by atoms with Crippen molar-refractivity contribution in [3.63, 3.8) is 0 Å². The first-order chi connectivity index (χ1) is 13.9. The van der Waals surface area contributed by atoms with Crippen molar-refractivity contribution in [2.75, 3.05) is 33.8 Å². The summed E-state index contributed by atoms with van der Waals surface area (Å²) in [5.74, 6) is 2.38. The highest BCUT2D eigenvalue weighted by Crippen LogP contribution is 2.40. The number of rotatable bonds is 7. The van der Waals surface area contributed by atoms with E-state index in [1.54, 1.807) is 0 Å². The molecule has 2 saturated carbocycles. The zero-order chi connectivity index (χ0) is 20.5. The summed E-state index contributed by atoms with van der Waals surface area (Å²) >= 11 is 0. The maximum absolute atomic E-state index is 12.9. The second-order valence-electron chi connectivity index (χ2n) is 10.1. The molecule has 1 aromatic rings. The molecule has 4 atom stereocenters. The molecule has 0 radical (unpaired) electrons. The molecule has 1 aromatic carbocycles. The molecule has 3 aliphatic rings. The lowest BCUT2D eigenvalue weighted by atomic mass is 9.77. The lowest BCUT2D eigenvalue weighted by molar-refractivity contribution is -0.130. The highest BCUT2D eigenvalue weighted by atomic mass is 16.5. The van der Waals surface area contributed by atoms with E-state index in [1.807, 2.05) is 0 Å². The molecule has 1 aliphatic heterocycles. The van der Waals surface area contributed by atoms with Crippen LogP contribution in [0.1, 0.15) is 48.8 Å². The van der Waals surface area contributed by atoms with Gasteiger partial charge in [0.2, 0.25) is 5.91 Å². The molecule has 0 spiro atoms. The fraction of sp³-hybridized carbons (Fsp3) is 0.720. The number of likely N-dealkylation sites (tertiary alicyclic amines) is 1. The monoisotopic (exact) mass is 398 g/mol. The average Bonchev–Trinajstić information content (AvgIpc) is 3.41. The topological polar surface area (TPSA) is 32.8 Å². The summed E-state index contributed by atoms with van der Waals surface area (Å²) in [4.78, 5) is 17.4. The Bertz CT molecular complexity index is 728. The van der Waals surface area contributed by atoms with Gasteiger partial charge in [-0.15, -0.1) is 0 Å². The predicted octanol–water partition coefficient (Wildman–Crippen LogP) is 3.83. The molecule has 4 heteroatoms. The smallest absolute Gasteiger partial charge is 0.222 e. The van der Waals surface area contributed by atoms with Crippen molar-refractivity contribution in [1.29, 1.82) is 0 Å². The van der Waals surface area contributed by atoms with Gasteiger partial charge >= 0.3 is 0 Å². The third-order valence-corrected chi connectivity index (χ3v) is 7.45. The van der Waals surface area contributed by atoms with Gasteiger partial charge in [-0.2, -0.15) is 0 Å². The van der Waals surface area contributed by atoms with Crippen LogP contribution in [-0.2, 0) is 16.0 Å². The molecule has 29 heavy (non-hydrogen) atoms. The first-order valence-corrected chi connectivity index (χ1v) is 11.5. The van der Waals surface area contributed by atoms with E-state index in [0.29, 0.717) is 36.3 Å². The summed E-state index contributed by atoms with van der Waals surface area (Å²) in [5, 5.41) is 0. The molecule has 4 rings (SSSR count). The standard InChI is InChI=1S/C25H38N2O2/c1-17-5-8-20(18(2)11-17)9-10-25(28)27-14-21-12-23(26(3)4)24(13-22(21)15-27)29-16-19-6-7-19/h5,8,11,19,21-24H,6-7,9-10,12-16H2,1-4H3/t21-,22+,23-,24-/m1/s1. The van der Waals surface area contributed by atoms with Crippen LogP contribution in [0, 0.1) is 31.6 Å². The van der Waals surface area contributed by atoms with E-state index in [2.05, 4.69) is 55.9 Å². The number of hydrogen-bond acceptors (Lipinski definition) is 3. The average molecular weight is 399 g/mol. The quantitative estimate of drug-likeness (QED) is 0.700. The van der Waals surface area contributed by atoms with Gasteiger partial charge in [-0.05, 0) is 88.9 Å². The Kier molecular flexibility index (Phi) is 6.31. The van der Waals surface area contributed by atoms with E-state index >= 15 is 0 Å². The number of nitrogens with zero attached hydrogens (tertiary/aromatic N) is 2. The SMILES string of the molecule is Cc1ccc(CCC(=O)N2C[C@H]3C[C@@H](N(C)C)[C@H](OCC4CC4)C[C@H]3C2)c(C)c1. The van der Waals surface area contributed by atoms with Crippen LogP contribution in [0.15, 0.2) is 18.2 Å². The molecule has 0 bridgehead atoms. The van der Waals surface area contributed by atoms with Gasteiger partial charge in [0.15, 0.2) is 0 Å². The molecule has 0 aromatic heterocycles. The third-order valence-electron chi connectivity index (χ3n) is 7.45. The van der Waals surface area contributed by atoms with Crippen molar-refractivity contribution >= 4 is 5.91 Å². The van der Waals surface area contributed by atoms with Gasteiger partial charge in [0, 0.05) is 32.2 Å². The molecular weight excluding hydrogens is 360 g/mol. The van der Waals surface area contributed by atoms with Crippen LogP contribution >= 0.6 is 0 Å². The highest BCUT2D eigenvalue weighted by Gasteiger charge is 2.44. The lowest BCUT2D eigenvalue weighted by Gasteiger charge is -2.41. The van der Waals surface area contributed by atoms with Crippen LogP contribution in [0.2, 0.25) is 0 Å². The maximum atomic E-state index is 12.9. The van der Waals surface area contributed by atoms with Crippen LogP contribution < -0.4 is 0 Å². The second kappa shape index (κ2) is 8.77. The van der Waals surface area contributed by atoms with Gasteiger partial charge in [-0.1, -0.05) is 23.8 Å². The van der Waals surface area contributed by atoms with Crippen LogP contribution in [0.3, 0.4) is 0 Å². The first kappa shape index (κ1) is 20.9. The van der Waals surface area contributed by atoms with Crippen molar-refractivity contribution in [3.05, 3.63) is 34.9 Å². The third kappa shape index (κ3) is 5.03. The lowest BCUT2D eigenvalue weighted by Crippen LogP contribution is -2.48. The molecule has 4 nitrogen and oxygen atoms in total. The maximum Gasteiger partial charge on any atom is 0.222 e. The summed E-state index contributed by atoms with van der Waals surface area (Å²) in [6, 6.07) is 7.04. The summed E-state index contributed by atoms with van der Waals surface area (Å²) in [7, 11) is 4.36. The van der Waals surface area contributed by atoms with E-state index < -0.39 is 0 Å². The summed E-state index contributed by atoms with van der Waals surface area (Å²) in [6.07, 6.45) is 6.76. The van der Waals surface area contributed by atoms with Crippen molar-refractivity contribution < 1.29 is 9.53 Å². The number of fused-ring (bicyclic) bond motifs is 1. The van der Waals surface area contributed by atoms with Gasteiger partial charge in [0.05, 0.1) is 6.10 Å². The molecule has 0 unspecified atom stereocenters. The van der Waals surface area contributed by atoms with E-state index in [0.717, 1.165) is 44.9 Å². The number of ether oxygens (including phenoxy) is 1. The van der Waals surface area contributed by atoms with Crippen molar-refractivity contribution in [3.8, 4) is 0 Å². The normalized spacial score (nSPS) is 29.3. The van der Waals surface area contributed by atoms with E-state index in [9.17, 15) is 4.79 Å². The number of carbonyl (C=O) groups excluding carboxylic acids is 1. The van der Waals surface area contributed by atoms with Crippen LogP contribution in [0.25, 0.3) is 0 Å². The number of aryl methyl sites for hydroxylation is 3. The zero-order valence-corrected chi connectivity index (χ0v) is 18.7. The van der Waals surface area contributed by atoms with Crippen LogP contribution in [0.4, 0.5) is 0 Å². The van der Waals surface area contributed by atoms with E-state index in [4.69, 9.17) is 4.74 Å². The minimum atomic E-state index is 0.330. The van der Waals surface area contributed by atoms with E-state index in [-0.39, 0.29) is 0 Å². The van der Waals surface area contributed by atoms with E-state index in [1.165, 1.54) is 29.5 Å². The van der Waals surface area contributed by atoms with Gasteiger partial charge < -0.3 is 14.5 Å². The van der Waals surface area contributed by atoms with Crippen LogP contribution in [-0.4, -0.2) is 61.6 Å². The molecule has 2 aliphatic carbocycles. The van der Waals surface area contributed by atoms with Gasteiger partial charge in [-0.25, -0.2) is 0 Å². The number of likely N-dealkylation sites (N-methyl/N-ethyl adjacent to an activating group) is 1. The molecular formula is C25H38N2O2. The minimum absolute atomic E-state index is 0.330. The summed E-state index contributed by atoms with van der Waals surface area (Å²) in [6.45, 7) is 7.08. The Morgan fingerprint density at radius 1 is 1.14 bits per heavy atom. The summed E-state index contributed by atoms with van der Waals surface area (Å²) in [5.41, 5.74) is 3.90. The molecule has 160 valence electrons. The molecule has 1 amide bonds. The fourth-order valence-electron chi connectivity index (χ4n) is 5.39. The first-order valence-electron chi connectivity index (χ1n) is 11.5. The Morgan fingerprint density at radius 2 is 1.86 bits per heavy atom. The molecule has 3 fully saturated rings. The number of benzene rings is 1. The van der Waals surface area contributed by atoms with Crippen molar-refractivity contribution in [2.45, 2.75) is 64.5 Å². The Balaban J connectivity index is 1.32. The number of carbonyl (C=O) groups is 1. The van der Waals surface area contributed by atoms with Crippen LogP contribution in [0.5, 0.6) is 0 Å². The Labute approximate surface area is 176 Å². The largest absolute Gasteiger partial charge is 0.376 e. The second-order valence-corrected chi connectivity index (χ2v) is 10.1. The van der Waals surface area contributed by atoms with Gasteiger partial charge in [0.25, 0.3) is 0 Å². The molecule has 0 N–H and O–H groups in total. The van der Waals surface area contributed by atoms with Crippen molar-refractivity contribution in [1.82, 2.24) is 9.80 Å². The Hall–Kier alpha value is -1.39. The Morgan fingerprint density at radius 3 is 2.52 bits per heavy atom. The molecule has 1 heterocycles. The minimum Gasteiger partial charge on any atom is -0.376 e. The zero-order valence-electron chi connectivity index (χ0n) is 18.7. The number of amides is 1. The van der Waals surface area contributed by atoms with Gasteiger partial charge in [0.1, 0.15) is 0 Å².